The molecule has 1 aliphatic heterocycles. The third-order valence-corrected chi connectivity index (χ3v) is 6.96. The summed E-state index contributed by atoms with van der Waals surface area (Å²) in [5, 5.41) is 22.4. The second-order valence-corrected chi connectivity index (χ2v) is 9.28. The van der Waals surface area contributed by atoms with Crippen LogP contribution < -0.4 is 10.6 Å². The molecule has 1 aromatic carbocycles. The summed E-state index contributed by atoms with van der Waals surface area (Å²) in [7, 11) is 0. The summed E-state index contributed by atoms with van der Waals surface area (Å²) in [6.07, 6.45) is 4.07. The average molecular weight is 494 g/mol. The average Bonchev–Trinajstić information content (AvgIpc) is 3.44. The number of rotatable bonds is 6. The number of H-pyrrole nitrogens is 1. The van der Waals surface area contributed by atoms with Crippen molar-refractivity contribution in [3.05, 3.63) is 51.3 Å². The zero-order valence-corrected chi connectivity index (χ0v) is 19.3. The highest BCUT2D eigenvalue weighted by atomic mass is 35.5. The molecule has 0 bridgehead atoms. The first-order chi connectivity index (χ1) is 15.8. The molecule has 0 radical (unpaired) electrons. The maximum atomic E-state index is 13.3. The van der Waals surface area contributed by atoms with Gasteiger partial charge in [0.1, 0.15) is 12.1 Å². The van der Waals surface area contributed by atoms with E-state index in [9.17, 15) is 19.5 Å². The molecule has 2 aliphatic rings. The number of aromatic amines is 1. The Morgan fingerprint density at radius 1 is 1.24 bits per heavy atom. The van der Waals surface area contributed by atoms with Gasteiger partial charge in [-0.1, -0.05) is 29.3 Å². The van der Waals surface area contributed by atoms with Crippen LogP contribution in [0.4, 0.5) is 4.79 Å². The molecular weight excluding hydrogens is 469 g/mol. The number of carbonyl (C=O) groups excluding carboxylic acids is 2. The second-order valence-electron chi connectivity index (χ2n) is 8.47. The highest BCUT2D eigenvalue weighted by molar-refractivity contribution is 6.42. The maximum absolute atomic E-state index is 13.3. The van der Waals surface area contributed by atoms with Gasteiger partial charge in [0, 0.05) is 24.7 Å². The highest BCUT2D eigenvalue weighted by Crippen LogP contribution is 2.25. The van der Waals surface area contributed by atoms with E-state index in [0.717, 1.165) is 24.1 Å². The standard InChI is InChI=1S/C22H25Cl2N5O4/c23-15-5-3-12(8-16(15)24)9-18(27-22(32)33)21(31)29-7-1-2-19(29)20(30)26-14-4-6-17-13(10-14)11-25-28-17/h3,5,8,11,14,18-19,27H,1-2,4,6-7,9-10H2,(H,25,28)(H,26,30)(H,32,33)/t14?,18-,19+/m1/s1. The van der Waals surface area contributed by atoms with E-state index in [4.69, 9.17) is 23.2 Å². The largest absolute Gasteiger partial charge is 0.465 e. The number of benzene rings is 1. The number of carbonyl (C=O) groups is 3. The number of aromatic nitrogens is 2. The maximum Gasteiger partial charge on any atom is 0.405 e. The van der Waals surface area contributed by atoms with Crippen LogP contribution in [-0.2, 0) is 28.9 Å². The summed E-state index contributed by atoms with van der Waals surface area (Å²) in [5.41, 5.74) is 2.86. The molecule has 0 saturated carbocycles. The van der Waals surface area contributed by atoms with Crippen molar-refractivity contribution in [3.8, 4) is 0 Å². The summed E-state index contributed by atoms with van der Waals surface area (Å²) >= 11 is 12.0. The van der Waals surface area contributed by atoms with Gasteiger partial charge in [-0.3, -0.25) is 14.7 Å². The van der Waals surface area contributed by atoms with Crippen LogP contribution >= 0.6 is 23.2 Å². The molecule has 1 aliphatic carbocycles. The first-order valence-electron chi connectivity index (χ1n) is 10.9. The molecule has 3 amide bonds. The summed E-state index contributed by atoms with van der Waals surface area (Å²) in [6, 6.07) is 3.20. The summed E-state index contributed by atoms with van der Waals surface area (Å²) < 4.78 is 0. The van der Waals surface area contributed by atoms with Crippen LogP contribution in [0.15, 0.2) is 24.4 Å². The van der Waals surface area contributed by atoms with E-state index in [1.807, 2.05) is 0 Å². The van der Waals surface area contributed by atoms with Crippen molar-refractivity contribution in [3.63, 3.8) is 0 Å². The molecular formula is C22H25Cl2N5O4. The minimum absolute atomic E-state index is 0.0238. The molecule has 11 heteroatoms. The van der Waals surface area contributed by atoms with Gasteiger partial charge in [0.05, 0.1) is 16.2 Å². The van der Waals surface area contributed by atoms with Gasteiger partial charge in [-0.2, -0.15) is 5.10 Å². The Hall–Kier alpha value is -2.78. The summed E-state index contributed by atoms with van der Waals surface area (Å²) in [5.74, 6) is -0.636. The monoisotopic (exact) mass is 493 g/mol. The van der Waals surface area contributed by atoms with E-state index >= 15 is 0 Å². The van der Waals surface area contributed by atoms with Crippen LogP contribution in [0.1, 0.15) is 36.1 Å². The highest BCUT2D eigenvalue weighted by Gasteiger charge is 2.38. The Labute approximate surface area is 200 Å². The Morgan fingerprint density at radius 3 is 2.82 bits per heavy atom. The van der Waals surface area contributed by atoms with Gasteiger partial charge in [-0.05, 0) is 55.4 Å². The quantitative estimate of drug-likeness (QED) is 0.491. The van der Waals surface area contributed by atoms with Gasteiger partial charge in [0.25, 0.3) is 0 Å². The topological polar surface area (TPSA) is 127 Å². The predicted octanol–water partition coefficient (Wildman–Crippen LogP) is 2.56. The number of fused-ring (bicyclic) bond motifs is 1. The number of amides is 3. The lowest BCUT2D eigenvalue weighted by Gasteiger charge is -2.30. The summed E-state index contributed by atoms with van der Waals surface area (Å²) in [6.45, 7) is 0.395. The molecule has 1 saturated heterocycles. The minimum atomic E-state index is -1.31. The third-order valence-electron chi connectivity index (χ3n) is 6.22. The Kier molecular flexibility index (Phi) is 7.09. The van der Waals surface area contributed by atoms with Crippen LogP contribution in [0.2, 0.25) is 10.0 Å². The molecule has 4 rings (SSSR count). The van der Waals surface area contributed by atoms with Crippen LogP contribution in [0, 0.1) is 0 Å². The van der Waals surface area contributed by atoms with Crippen molar-refractivity contribution >= 4 is 41.1 Å². The van der Waals surface area contributed by atoms with Gasteiger partial charge in [-0.15, -0.1) is 0 Å². The lowest BCUT2D eigenvalue weighted by Crippen LogP contribution is -2.55. The fourth-order valence-electron chi connectivity index (χ4n) is 4.59. The first kappa shape index (κ1) is 23.4. The van der Waals surface area contributed by atoms with E-state index < -0.39 is 24.1 Å². The fraction of sp³-hybridized carbons (Fsp3) is 0.455. The summed E-state index contributed by atoms with van der Waals surface area (Å²) in [4.78, 5) is 39.3. The lowest BCUT2D eigenvalue weighted by molar-refractivity contribution is -0.140. The van der Waals surface area contributed by atoms with Gasteiger partial charge in [0.2, 0.25) is 11.8 Å². The van der Waals surface area contributed by atoms with Gasteiger partial charge < -0.3 is 20.6 Å². The van der Waals surface area contributed by atoms with Crippen molar-refractivity contribution in [2.24, 2.45) is 0 Å². The molecule has 1 unspecified atom stereocenters. The molecule has 2 aromatic rings. The predicted molar refractivity (Wildman–Crippen MR) is 122 cm³/mol. The number of hydrogen-bond donors (Lipinski definition) is 4. The number of halogens is 2. The lowest BCUT2D eigenvalue weighted by atomic mass is 9.93. The van der Waals surface area contributed by atoms with Crippen molar-refractivity contribution in [1.82, 2.24) is 25.7 Å². The van der Waals surface area contributed by atoms with E-state index in [1.54, 1.807) is 24.4 Å². The van der Waals surface area contributed by atoms with Gasteiger partial charge in [0.15, 0.2) is 0 Å². The van der Waals surface area contributed by atoms with Crippen molar-refractivity contribution in [1.29, 1.82) is 0 Å². The number of hydrogen-bond acceptors (Lipinski definition) is 4. The number of aryl methyl sites for hydroxylation is 1. The van der Waals surface area contributed by atoms with E-state index in [-0.39, 0.29) is 18.4 Å². The molecule has 176 valence electrons. The Bertz CT molecular complexity index is 1060. The third kappa shape index (κ3) is 5.42. The molecule has 2 heterocycles. The number of carboxylic acid groups (broad SMARTS) is 1. The normalized spacial score (nSPS) is 20.7. The van der Waals surface area contributed by atoms with E-state index in [2.05, 4.69) is 20.8 Å². The van der Waals surface area contributed by atoms with E-state index in [1.165, 1.54) is 4.90 Å². The number of likely N-dealkylation sites (tertiary alicyclic amines) is 1. The Balaban J connectivity index is 1.44. The second kappa shape index (κ2) is 10.0. The first-order valence-corrected chi connectivity index (χ1v) is 11.6. The zero-order valence-electron chi connectivity index (χ0n) is 17.8. The van der Waals surface area contributed by atoms with Crippen LogP contribution in [-0.4, -0.2) is 62.8 Å². The zero-order chi connectivity index (χ0) is 23.5. The van der Waals surface area contributed by atoms with Crippen molar-refractivity contribution in [2.75, 3.05) is 6.54 Å². The smallest absolute Gasteiger partial charge is 0.405 e. The number of nitrogens with zero attached hydrogens (tertiary/aromatic N) is 2. The number of nitrogens with one attached hydrogen (secondary N) is 3. The van der Waals surface area contributed by atoms with E-state index in [0.29, 0.717) is 41.4 Å². The SMILES string of the molecule is O=C(O)N[C@H](Cc1ccc(Cl)c(Cl)c1)C(=O)N1CCC[C@H]1C(=O)NC1CCc2[nH]ncc2C1. The molecule has 33 heavy (non-hydrogen) atoms. The molecule has 9 nitrogen and oxygen atoms in total. The Morgan fingerprint density at radius 2 is 2.06 bits per heavy atom. The van der Waals surface area contributed by atoms with Gasteiger partial charge >= 0.3 is 6.09 Å². The molecule has 4 N–H and O–H groups in total. The molecule has 1 aromatic heterocycles. The molecule has 0 spiro atoms. The van der Waals surface area contributed by atoms with Crippen LogP contribution in [0.3, 0.4) is 0 Å². The fourth-order valence-corrected chi connectivity index (χ4v) is 4.91. The van der Waals surface area contributed by atoms with Gasteiger partial charge in [-0.25, -0.2) is 4.79 Å². The van der Waals surface area contributed by atoms with Crippen molar-refractivity contribution < 1.29 is 19.5 Å². The van der Waals surface area contributed by atoms with Crippen LogP contribution in [0.25, 0.3) is 0 Å². The molecule has 3 atom stereocenters. The molecule has 1 fully saturated rings. The minimum Gasteiger partial charge on any atom is -0.465 e. The van der Waals surface area contributed by atoms with Crippen molar-refractivity contribution in [2.45, 2.75) is 56.7 Å². The van der Waals surface area contributed by atoms with Crippen LogP contribution in [0.5, 0.6) is 0 Å².